The number of nitriles is 1. The molecule has 0 saturated heterocycles. The lowest BCUT2D eigenvalue weighted by atomic mass is 10.2. The van der Waals surface area contributed by atoms with Gasteiger partial charge in [0.2, 0.25) is 5.95 Å². The number of hydrogen-bond donors (Lipinski definition) is 2. The molecule has 0 spiro atoms. The van der Waals surface area contributed by atoms with E-state index in [0.29, 0.717) is 23.0 Å². The smallest absolute Gasteiger partial charge is 0.229 e. The Labute approximate surface area is 148 Å². The van der Waals surface area contributed by atoms with Gasteiger partial charge < -0.3 is 10.6 Å². The molecule has 0 radical (unpaired) electrons. The number of halogens is 1. The molecule has 0 atom stereocenters. The highest BCUT2D eigenvalue weighted by molar-refractivity contribution is 9.10. The van der Waals surface area contributed by atoms with Crippen molar-refractivity contribution in [1.82, 2.24) is 9.97 Å². The molecule has 1 aromatic heterocycles. The minimum atomic E-state index is 0.425. The predicted molar refractivity (Wildman–Crippen MR) is 98.6 cm³/mol. The average molecular weight is 380 g/mol. The molecule has 0 aliphatic carbocycles. The van der Waals surface area contributed by atoms with Crippen LogP contribution in [0.5, 0.6) is 0 Å². The van der Waals surface area contributed by atoms with Gasteiger partial charge in [0.15, 0.2) is 0 Å². The summed E-state index contributed by atoms with van der Waals surface area (Å²) in [4.78, 5) is 8.64. The normalized spacial score (nSPS) is 10.0. The minimum absolute atomic E-state index is 0.425. The lowest BCUT2D eigenvalue weighted by Gasteiger charge is -2.10. The van der Waals surface area contributed by atoms with E-state index in [1.807, 2.05) is 43.3 Å². The van der Waals surface area contributed by atoms with Crippen molar-refractivity contribution in [2.24, 2.45) is 0 Å². The molecule has 24 heavy (non-hydrogen) atoms. The lowest BCUT2D eigenvalue weighted by Crippen LogP contribution is -2.01. The van der Waals surface area contributed by atoms with Gasteiger partial charge in [-0.3, -0.25) is 0 Å². The number of nitrogens with zero attached hydrogens (tertiary/aromatic N) is 3. The molecule has 2 N–H and O–H groups in total. The third-order valence-corrected chi connectivity index (χ3v) is 4.25. The van der Waals surface area contributed by atoms with Crippen LogP contribution in [0, 0.1) is 18.3 Å². The van der Waals surface area contributed by atoms with Crippen LogP contribution in [-0.4, -0.2) is 9.97 Å². The maximum absolute atomic E-state index is 9.15. The van der Waals surface area contributed by atoms with E-state index in [9.17, 15) is 0 Å². The van der Waals surface area contributed by atoms with Crippen LogP contribution < -0.4 is 10.6 Å². The van der Waals surface area contributed by atoms with Crippen LogP contribution in [0.1, 0.15) is 11.1 Å². The van der Waals surface area contributed by atoms with E-state index in [2.05, 4.69) is 42.6 Å². The van der Waals surface area contributed by atoms with Gasteiger partial charge in [0.25, 0.3) is 0 Å². The zero-order valence-electron chi connectivity index (χ0n) is 12.9. The van der Waals surface area contributed by atoms with E-state index in [1.165, 1.54) is 5.56 Å². The second-order valence-corrected chi connectivity index (χ2v) is 5.99. The largest absolute Gasteiger partial charge is 0.340 e. The molecule has 118 valence electrons. The SMILES string of the molecule is Cc1ccc(Nc2ccnc(Nc3ccccc3C#N)n2)cc1Br. The van der Waals surface area contributed by atoms with Gasteiger partial charge in [0, 0.05) is 16.4 Å². The summed E-state index contributed by atoms with van der Waals surface area (Å²) in [5.74, 6) is 1.09. The molecule has 6 heteroatoms. The Hall–Kier alpha value is -2.91. The van der Waals surface area contributed by atoms with Crippen molar-refractivity contribution in [2.75, 3.05) is 10.6 Å². The Balaban J connectivity index is 1.81. The summed E-state index contributed by atoms with van der Waals surface area (Å²) in [7, 11) is 0. The molecule has 3 aromatic rings. The van der Waals surface area contributed by atoms with Crippen molar-refractivity contribution >= 4 is 39.1 Å². The Bertz CT molecular complexity index is 917. The fourth-order valence-corrected chi connectivity index (χ4v) is 2.50. The summed E-state index contributed by atoms with van der Waals surface area (Å²) in [6.07, 6.45) is 1.66. The number of aryl methyl sites for hydroxylation is 1. The molecule has 0 bridgehead atoms. The summed E-state index contributed by atoms with van der Waals surface area (Å²) in [6.45, 7) is 2.03. The number of rotatable bonds is 4. The molecule has 0 aliphatic heterocycles. The van der Waals surface area contributed by atoms with Crippen LogP contribution in [0.15, 0.2) is 59.2 Å². The first kappa shape index (κ1) is 16.0. The van der Waals surface area contributed by atoms with Crippen molar-refractivity contribution in [3.05, 3.63) is 70.3 Å². The van der Waals surface area contributed by atoms with E-state index >= 15 is 0 Å². The molecular weight excluding hydrogens is 366 g/mol. The number of anilines is 4. The van der Waals surface area contributed by atoms with Crippen molar-refractivity contribution in [3.63, 3.8) is 0 Å². The maximum atomic E-state index is 9.15. The highest BCUT2D eigenvalue weighted by atomic mass is 79.9. The quantitative estimate of drug-likeness (QED) is 0.673. The van der Waals surface area contributed by atoms with Gasteiger partial charge >= 0.3 is 0 Å². The molecule has 2 aromatic carbocycles. The zero-order valence-corrected chi connectivity index (χ0v) is 14.5. The van der Waals surface area contributed by atoms with Crippen molar-refractivity contribution < 1.29 is 0 Å². The van der Waals surface area contributed by atoms with Gasteiger partial charge in [-0.15, -0.1) is 0 Å². The van der Waals surface area contributed by atoms with Gasteiger partial charge in [-0.2, -0.15) is 10.2 Å². The van der Waals surface area contributed by atoms with E-state index < -0.39 is 0 Å². The molecular formula is C18H14BrN5. The van der Waals surface area contributed by atoms with Crippen molar-refractivity contribution in [1.29, 1.82) is 5.26 Å². The highest BCUT2D eigenvalue weighted by Gasteiger charge is 2.05. The number of para-hydroxylation sites is 1. The molecule has 0 saturated carbocycles. The van der Waals surface area contributed by atoms with Crippen LogP contribution in [0.3, 0.4) is 0 Å². The van der Waals surface area contributed by atoms with Gasteiger partial charge in [0.1, 0.15) is 11.9 Å². The van der Waals surface area contributed by atoms with Crippen molar-refractivity contribution in [3.8, 4) is 6.07 Å². The fraction of sp³-hybridized carbons (Fsp3) is 0.0556. The van der Waals surface area contributed by atoms with Crippen LogP contribution in [0.4, 0.5) is 23.1 Å². The minimum Gasteiger partial charge on any atom is -0.340 e. The Kier molecular flexibility index (Phi) is 4.73. The summed E-state index contributed by atoms with van der Waals surface area (Å²) in [5, 5.41) is 15.5. The molecule has 3 rings (SSSR count). The van der Waals surface area contributed by atoms with Gasteiger partial charge in [-0.1, -0.05) is 34.1 Å². The molecule has 5 nitrogen and oxygen atoms in total. The fourth-order valence-electron chi connectivity index (χ4n) is 2.12. The molecule has 1 heterocycles. The Morgan fingerprint density at radius 1 is 1.08 bits per heavy atom. The molecule has 0 aliphatic rings. The maximum Gasteiger partial charge on any atom is 0.229 e. The number of hydrogen-bond acceptors (Lipinski definition) is 5. The van der Waals surface area contributed by atoms with E-state index in [0.717, 1.165) is 10.2 Å². The highest BCUT2D eigenvalue weighted by Crippen LogP contribution is 2.24. The summed E-state index contributed by atoms with van der Waals surface area (Å²) >= 11 is 3.52. The van der Waals surface area contributed by atoms with Crippen LogP contribution in [-0.2, 0) is 0 Å². The number of nitrogens with one attached hydrogen (secondary N) is 2. The van der Waals surface area contributed by atoms with E-state index in [-0.39, 0.29) is 0 Å². The van der Waals surface area contributed by atoms with Gasteiger partial charge in [0.05, 0.1) is 11.3 Å². The van der Waals surface area contributed by atoms with Gasteiger partial charge in [-0.25, -0.2) is 4.98 Å². The predicted octanol–water partition coefficient (Wildman–Crippen LogP) is 4.91. The first-order valence-electron chi connectivity index (χ1n) is 7.28. The first-order valence-corrected chi connectivity index (χ1v) is 8.07. The third-order valence-electron chi connectivity index (χ3n) is 3.39. The summed E-state index contributed by atoms with van der Waals surface area (Å²) in [5.41, 5.74) is 3.31. The van der Waals surface area contributed by atoms with Crippen LogP contribution in [0.25, 0.3) is 0 Å². The van der Waals surface area contributed by atoms with Gasteiger partial charge in [-0.05, 0) is 42.8 Å². The molecule has 0 unspecified atom stereocenters. The second kappa shape index (κ2) is 7.11. The number of aromatic nitrogens is 2. The Morgan fingerprint density at radius 2 is 1.92 bits per heavy atom. The summed E-state index contributed by atoms with van der Waals surface area (Å²) in [6, 6.07) is 17.2. The second-order valence-electron chi connectivity index (χ2n) is 5.14. The van der Waals surface area contributed by atoms with Crippen LogP contribution in [0.2, 0.25) is 0 Å². The Morgan fingerprint density at radius 3 is 2.71 bits per heavy atom. The third kappa shape index (κ3) is 3.70. The monoisotopic (exact) mass is 379 g/mol. The van der Waals surface area contributed by atoms with E-state index in [1.54, 1.807) is 18.3 Å². The average Bonchev–Trinajstić information content (AvgIpc) is 2.59. The molecule has 0 amide bonds. The van der Waals surface area contributed by atoms with Crippen molar-refractivity contribution in [2.45, 2.75) is 6.92 Å². The zero-order chi connectivity index (χ0) is 16.9. The molecule has 0 fully saturated rings. The number of benzene rings is 2. The topological polar surface area (TPSA) is 73.6 Å². The standard InChI is InChI=1S/C18H14BrN5/c1-12-6-7-14(10-15(12)19)22-17-8-9-21-18(24-17)23-16-5-3-2-4-13(16)11-20/h2-10H,1H3,(H2,21,22,23,24). The summed E-state index contributed by atoms with van der Waals surface area (Å²) < 4.78 is 1.03. The van der Waals surface area contributed by atoms with Crippen LogP contribution >= 0.6 is 15.9 Å². The lowest BCUT2D eigenvalue weighted by molar-refractivity contribution is 1.16. The first-order chi connectivity index (χ1) is 11.7. The van der Waals surface area contributed by atoms with E-state index in [4.69, 9.17) is 5.26 Å².